The lowest BCUT2D eigenvalue weighted by molar-refractivity contribution is 0.236. The fourth-order valence-electron chi connectivity index (χ4n) is 1.42. The van der Waals surface area contributed by atoms with Gasteiger partial charge in [-0.05, 0) is 24.5 Å². The monoisotopic (exact) mass is 284 g/mol. The van der Waals surface area contributed by atoms with E-state index in [0.717, 1.165) is 6.42 Å². The number of urea groups is 1. The number of carbonyl (C=O) groups excluding carboxylic acids is 1. The molecule has 0 fully saturated rings. The average Bonchev–Trinajstić information content (AvgIpc) is 2.36. The first-order chi connectivity index (χ1) is 9.09. The summed E-state index contributed by atoms with van der Waals surface area (Å²) in [5, 5.41) is 6.09. The molecule has 5 heteroatoms. The van der Waals surface area contributed by atoms with E-state index in [-0.39, 0.29) is 6.03 Å². The van der Waals surface area contributed by atoms with Crippen LogP contribution in [-0.4, -0.2) is 25.7 Å². The molecule has 0 radical (unpaired) electrons. The van der Waals surface area contributed by atoms with E-state index < -0.39 is 0 Å². The van der Waals surface area contributed by atoms with Gasteiger partial charge >= 0.3 is 6.03 Å². The third kappa shape index (κ3) is 6.91. The van der Waals surface area contributed by atoms with Crippen molar-refractivity contribution in [1.29, 1.82) is 0 Å². The Morgan fingerprint density at radius 3 is 2.63 bits per heavy atom. The zero-order chi connectivity index (χ0) is 14.1. The quantitative estimate of drug-likeness (QED) is 0.756. The Morgan fingerprint density at radius 1 is 1.26 bits per heavy atom. The van der Waals surface area contributed by atoms with Crippen molar-refractivity contribution >= 4 is 17.6 Å². The summed E-state index contributed by atoms with van der Waals surface area (Å²) in [5.74, 6) is 1.22. The number of hydrogen-bond acceptors (Lipinski definition) is 2. The number of rotatable bonds is 7. The maximum Gasteiger partial charge on any atom is 0.314 e. The van der Waals surface area contributed by atoms with Crippen molar-refractivity contribution in [3.63, 3.8) is 0 Å². The molecular weight excluding hydrogens is 264 g/mol. The maximum atomic E-state index is 11.4. The van der Waals surface area contributed by atoms with Crippen molar-refractivity contribution in [3.05, 3.63) is 29.3 Å². The molecular formula is C14H21ClN2O2. The van der Waals surface area contributed by atoms with Gasteiger partial charge < -0.3 is 15.4 Å². The lowest BCUT2D eigenvalue weighted by atomic mass is 10.1. The summed E-state index contributed by atoms with van der Waals surface area (Å²) in [6.07, 6.45) is 0.976. The van der Waals surface area contributed by atoms with Gasteiger partial charge in [-0.15, -0.1) is 0 Å². The summed E-state index contributed by atoms with van der Waals surface area (Å²) in [7, 11) is 0. The van der Waals surface area contributed by atoms with Crippen molar-refractivity contribution in [2.75, 3.05) is 19.7 Å². The SMILES string of the molecule is CC(C)CCNC(=O)NCCOc1ccccc1Cl. The number of amides is 2. The van der Waals surface area contributed by atoms with Crippen LogP contribution in [-0.2, 0) is 0 Å². The zero-order valence-corrected chi connectivity index (χ0v) is 12.2. The Hall–Kier alpha value is -1.42. The summed E-state index contributed by atoms with van der Waals surface area (Å²) in [6, 6.07) is 7.10. The highest BCUT2D eigenvalue weighted by molar-refractivity contribution is 6.32. The number of ether oxygens (including phenoxy) is 1. The van der Waals surface area contributed by atoms with Gasteiger partial charge in [-0.1, -0.05) is 37.6 Å². The van der Waals surface area contributed by atoms with Crippen LogP contribution < -0.4 is 15.4 Å². The minimum Gasteiger partial charge on any atom is -0.490 e. The molecule has 0 bridgehead atoms. The molecule has 0 spiro atoms. The van der Waals surface area contributed by atoms with E-state index in [1.807, 2.05) is 12.1 Å². The van der Waals surface area contributed by atoms with Gasteiger partial charge in [-0.2, -0.15) is 0 Å². The maximum absolute atomic E-state index is 11.4. The molecule has 0 unspecified atom stereocenters. The third-order valence-electron chi connectivity index (χ3n) is 2.49. The molecule has 0 aliphatic rings. The molecule has 2 N–H and O–H groups in total. The molecule has 0 aliphatic carbocycles. The van der Waals surface area contributed by atoms with E-state index in [9.17, 15) is 4.79 Å². The fraction of sp³-hybridized carbons (Fsp3) is 0.500. The van der Waals surface area contributed by atoms with E-state index in [1.165, 1.54) is 0 Å². The summed E-state index contributed by atoms with van der Waals surface area (Å²) < 4.78 is 5.46. The van der Waals surface area contributed by atoms with Crippen LogP contribution in [0.5, 0.6) is 5.75 Å². The molecule has 0 saturated heterocycles. The molecule has 2 amide bonds. The van der Waals surface area contributed by atoms with E-state index in [0.29, 0.717) is 36.4 Å². The average molecular weight is 285 g/mol. The minimum absolute atomic E-state index is 0.164. The molecule has 106 valence electrons. The molecule has 0 atom stereocenters. The highest BCUT2D eigenvalue weighted by Gasteiger charge is 2.02. The smallest absolute Gasteiger partial charge is 0.314 e. The number of nitrogens with one attached hydrogen (secondary N) is 2. The number of para-hydroxylation sites is 1. The van der Waals surface area contributed by atoms with E-state index in [4.69, 9.17) is 16.3 Å². The van der Waals surface area contributed by atoms with Crippen molar-refractivity contribution in [2.24, 2.45) is 5.92 Å². The first-order valence-corrected chi connectivity index (χ1v) is 6.86. The highest BCUT2D eigenvalue weighted by atomic mass is 35.5. The Kier molecular flexibility index (Phi) is 7.11. The van der Waals surface area contributed by atoms with Crippen molar-refractivity contribution in [3.8, 4) is 5.75 Å². The van der Waals surface area contributed by atoms with Crippen LogP contribution in [0.2, 0.25) is 5.02 Å². The van der Waals surface area contributed by atoms with Gasteiger partial charge in [0.15, 0.2) is 0 Å². The molecule has 0 heterocycles. The molecule has 0 saturated carbocycles. The summed E-state index contributed by atoms with van der Waals surface area (Å²) in [6.45, 7) is 5.77. The van der Waals surface area contributed by atoms with Crippen molar-refractivity contribution < 1.29 is 9.53 Å². The standard InChI is InChI=1S/C14H21ClN2O2/c1-11(2)7-8-16-14(18)17-9-10-19-13-6-4-3-5-12(13)15/h3-6,11H,7-10H2,1-2H3,(H2,16,17,18). The summed E-state index contributed by atoms with van der Waals surface area (Å²) >= 11 is 5.94. The third-order valence-corrected chi connectivity index (χ3v) is 2.80. The van der Waals surface area contributed by atoms with Crippen LogP contribution in [0, 0.1) is 5.92 Å². The largest absolute Gasteiger partial charge is 0.490 e. The van der Waals surface area contributed by atoms with Gasteiger partial charge in [-0.25, -0.2) is 4.79 Å². The van der Waals surface area contributed by atoms with Crippen LogP contribution in [0.4, 0.5) is 4.79 Å². The zero-order valence-electron chi connectivity index (χ0n) is 11.4. The highest BCUT2D eigenvalue weighted by Crippen LogP contribution is 2.22. The fourth-order valence-corrected chi connectivity index (χ4v) is 1.61. The molecule has 0 aromatic heterocycles. The second kappa shape index (κ2) is 8.64. The normalized spacial score (nSPS) is 10.3. The van der Waals surface area contributed by atoms with E-state index in [2.05, 4.69) is 24.5 Å². The van der Waals surface area contributed by atoms with Gasteiger partial charge in [-0.3, -0.25) is 0 Å². The summed E-state index contributed by atoms with van der Waals surface area (Å²) in [5.41, 5.74) is 0. The molecule has 19 heavy (non-hydrogen) atoms. The lowest BCUT2D eigenvalue weighted by Gasteiger charge is -2.10. The van der Waals surface area contributed by atoms with Crippen LogP contribution >= 0.6 is 11.6 Å². The molecule has 1 aromatic carbocycles. The van der Waals surface area contributed by atoms with Crippen LogP contribution in [0.25, 0.3) is 0 Å². The number of carbonyl (C=O) groups is 1. The van der Waals surface area contributed by atoms with Gasteiger partial charge in [0.2, 0.25) is 0 Å². The molecule has 1 rings (SSSR count). The van der Waals surface area contributed by atoms with E-state index >= 15 is 0 Å². The topological polar surface area (TPSA) is 50.4 Å². The van der Waals surface area contributed by atoms with Crippen molar-refractivity contribution in [2.45, 2.75) is 20.3 Å². The van der Waals surface area contributed by atoms with Gasteiger partial charge in [0.25, 0.3) is 0 Å². The van der Waals surface area contributed by atoms with Gasteiger partial charge in [0.05, 0.1) is 11.6 Å². The van der Waals surface area contributed by atoms with Crippen LogP contribution in [0.3, 0.4) is 0 Å². The van der Waals surface area contributed by atoms with Gasteiger partial charge in [0, 0.05) is 6.54 Å². The van der Waals surface area contributed by atoms with Gasteiger partial charge in [0.1, 0.15) is 12.4 Å². The predicted octanol–water partition coefficient (Wildman–Crippen LogP) is 3.06. The molecule has 4 nitrogen and oxygen atoms in total. The number of halogens is 1. The Labute approximate surface area is 119 Å². The second-order valence-corrected chi connectivity index (χ2v) is 5.05. The van der Waals surface area contributed by atoms with Crippen LogP contribution in [0.1, 0.15) is 20.3 Å². The lowest BCUT2D eigenvalue weighted by Crippen LogP contribution is -2.38. The first kappa shape index (κ1) is 15.6. The number of benzene rings is 1. The minimum atomic E-state index is -0.164. The van der Waals surface area contributed by atoms with E-state index in [1.54, 1.807) is 12.1 Å². The Morgan fingerprint density at radius 2 is 1.95 bits per heavy atom. The Bertz CT molecular complexity index is 397. The Balaban J connectivity index is 2.10. The number of hydrogen-bond donors (Lipinski definition) is 2. The predicted molar refractivity (Wildman–Crippen MR) is 77.8 cm³/mol. The van der Waals surface area contributed by atoms with Crippen molar-refractivity contribution in [1.82, 2.24) is 10.6 Å². The first-order valence-electron chi connectivity index (χ1n) is 6.48. The van der Waals surface area contributed by atoms with Crippen LogP contribution in [0.15, 0.2) is 24.3 Å². The molecule has 1 aromatic rings. The summed E-state index contributed by atoms with van der Waals surface area (Å²) in [4.78, 5) is 11.4. The second-order valence-electron chi connectivity index (χ2n) is 4.64. The molecule has 0 aliphatic heterocycles.